The Balaban J connectivity index is 2.02. The first-order valence-electron chi connectivity index (χ1n) is 9.65. The number of amides is 2. The molecule has 0 fully saturated rings. The third-order valence-corrected chi connectivity index (χ3v) is 5.65. The van der Waals surface area contributed by atoms with E-state index in [1.807, 2.05) is 51.1 Å². The molecule has 1 aliphatic heterocycles. The number of thioether (sulfide) groups is 1. The number of anilines is 1. The van der Waals surface area contributed by atoms with E-state index in [-0.39, 0.29) is 18.4 Å². The standard InChI is InChI=1S/C23H25NO4S/c1-4-12-28-18-9-7-17(8-10-18)20-21(29-13-11-25)23(27)24(22(20)26)19-14-15(2)5-6-16(19)3/h5-10,14,25H,4,11-13H2,1-3H3. The summed E-state index contributed by atoms with van der Waals surface area (Å²) in [6.07, 6.45) is 0.909. The third kappa shape index (κ3) is 4.38. The molecular formula is C23H25NO4S. The van der Waals surface area contributed by atoms with Crippen molar-refractivity contribution in [3.8, 4) is 5.75 Å². The molecule has 1 N–H and O–H groups in total. The molecule has 2 amide bonds. The number of hydrogen-bond donors (Lipinski definition) is 1. The molecule has 152 valence electrons. The van der Waals surface area contributed by atoms with E-state index in [9.17, 15) is 14.7 Å². The Kier molecular flexibility index (Phi) is 6.77. The molecule has 5 nitrogen and oxygen atoms in total. The van der Waals surface area contributed by atoms with Crippen LogP contribution in [-0.4, -0.2) is 35.9 Å². The minimum atomic E-state index is -0.344. The van der Waals surface area contributed by atoms with Crippen molar-refractivity contribution in [3.63, 3.8) is 0 Å². The fourth-order valence-electron chi connectivity index (χ4n) is 3.16. The van der Waals surface area contributed by atoms with Crippen molar-refractivity contribution in [2.24, 2.45) is 0 Å². The van der Waals surface area contributed by atoms with Gasteiger partial charge in [0.2, 0.25) is 0 Å². The van der Waals surface area contributed by atoms with Gasteiger partial charge in [0.05, 0.1) is 29.4 Å². The number of carbonyl (C=O) groups excluding carboxylic acids is 2. The van der Waals surface area contributed by atoms with Gasteiger partial charge in [-0.1, -0.05) is 31.2 Å². The van der Waals surface area contributed by atoms with Crippen LogP contribution in [0.3, 0.4) is 0 Å². The molecule has 1 aliphatic rings. The van der Waals surface area contributed by atoms with Gasteiger partial charge in [0.25, 0.3) is 11.8 Å². The molecule has 0 spiro atoms. The molecule has 0 unspecified atom stereocenters. The number of aliphatic hydroxyl groups is 1. The summed E-state index contributed by atoms with van der Waals surface area (Å²) < 4.78 is 5.62. The van der Waals surface area contributed by atoms with Gasteiger partial charge < -0.3 is 9.84 Å². The summed E-state index contributed by atoms with van der Waals surface area (Å²) in [5.74, 6) is 0.384. The van der Waals surface area contributed by atoms with Gasteiger partial charge >= 0.3 is 0 Å². The number of nitrogens with zero attached hydrogens (tertiary/aromatic N) is 1. The first-order chi connectivity index (χ1) is 14.0. The smallest absolute Gasteiger partial charge is 0.272 e. The molecule has 0 aromatic heterocycles. The van der Waals surface area contributed by atoms with Crippen LogP contribution >= 0.6 is 11.8 Å². The Bertz CT molecular complexity index is 950. The Hall–Kier alpha value is -2.57. The van der Waals surface area contributed by atoms with E-state index in [0.717, 1.165) is 23.3 Å². The van der Waals surface area contributed by atoms with E-state index in [4.69, 9.17) is 4.74 Å². The molecule has 29 heavy (non-hydrogen) atoms. The van der Waals surface area contributed by atoms with Crippen LogP contribution < -0.4 is 9.64 Å². The van der Waals surface area contributed by atoms with Gasteiger partial charge in [0.15, 0.2) is 0 Å². The molecular weight excluding hydrogens is 386 g/mol. The van der Waals surface area contributed by atoms with Gasteiger partial charge in [-0.3, -0.25) is 9.59 Å². The second kappa shape index (κ2) is 9.29. The number of ether oxygens (including phenoxy) is 1. The average Bonchev–Trinajstić information content (AvgIpc) is 2.96. The van der Waals surface area contributed by atoms with Gasteiger partial charge in [-0.15, -0.1) is 11.8 Å². The summed E-state index contributed by atoms with van der Waals surface area (Å²) in [5.41, 5.74) is 3.46. The van der Waals surface area contributed by atoms with E-state index < -0.39 is 0 Å². The minimum Gasteiger partial charge on any atom is -0.494 e. The maximum absolute atomic E-state index is 13.4. The van der Waals surface area contributed by atoms with Crippen molar-refractivity contribution in [1.82, 2.24) is 0 Å². The van der Waals surface area contributed by atoms with Crippen LogP contribution in [-0.2, 0) is 9.59 Å². The van der Waals surface area contributed by atoms with Crippen molar-refractivity contribution in [3.05, 3.63) is 64.1 Å². The summed E-state index contributed by atoms with van der Waals surface area (Å²) in [7, 11) is 0. The molecule has 0 bridgehead atoms. The number of carbonyl (C=O) groups is 2. The van der Waals surface area contributed by atoms with Gasteiger partial charge in [-0.2, -0.15) is 0 Å². The highest BCUT2D eigenvalue weighted by molar-refractivity contribution is 8.04. The molecule has 3 rings (SSSR count). The lowest BCUT2D eigenvalue weighted by Crippen LogP contribution is -2.32. The topological polar surface area (TPSA) is 66.8 Å². The summed E-state index contributed by atoms with van der Waals surface area (Å²) in [5, 5.41) is 9.25. The Morgan fingerprint density at radius 1 is 1.03 bits per heavy atom. The van der Waals surface area contributed by atoms with Crippen molar-refractivity contribution in [2.75, 3.05) is 23.9 Å². The predicted octanol–water partition coefficient (Wildman–Crippen LogP) is 4.10. The number of aryl methyl sites for hydroxylation is 2. The molecule has 0 atom stereocenters. The van der Waals surface area contributed by atoms with Gasteiger partial charge in [-0.25, -0.2) is 4.90 Å². The van der Waals surface area contributed by atoms with Crippen LogP contribution in [0.25, 0.3) is 5.57 Å². The highest BCUT2D eigenvalue weighted by atomic mass is 32.2. The van der Waals surface area contributed by atoms with Crippen LogP contribution in [0.2, 0.25) is 0 Å². The van der Waals surface area contributed by atoms with E-state index in [1.54, 1.807) is 12.1 Å². The van der Waals surface area contributed by atoms with Gasteiger partial charge in [0.1, 0.15) is 5.75 Å². The summed E-state index contributed by atoms with van der Waals surface area (Å²) in [6.45, 7) is 6.40. The zero-order chi connectivity index (χ0) is 21.0. The first-order valence-corrected chi connectivity index (χ1v) is 10.6. The first kappa shape index (κ1) is 21.1. The van der Waals surface area contributed by atoms with E-state index in [1.165, 1.54) is 16.7 Å². The maximum Gasteiger partial charge on any atom is 0.272 e. The zero-order valence-corrected chi connectivity index (χ0v) is 17.7. The van der Waals surface area contributed by atoms with E-state index in [2.05, 4.69) is 0 Å². The van der Waals surface area contributed by atoms with E-state index in [0.29, 0.717) is 34.1 Å². The maximum atomic E-state index is 13.4. The average molecular weight is 412 g/mol. The molecule has 0 radical (unpaired) electrons. The van der Waals surface area contributed by atoms with Crippen LogP contribution in [0.4, 0.5) is 5.69 Å². The lowest BCUT2D eigenvalue weighted by Gasteiger charge is -2.18. The number of hydrogen-bond acceptors (Lipinski definition) is 5. The van der Waals surface area contributed by atoms with Crippen molar-refractivity contribution in [1.29, 1.82) is 0 Å². The monoisotopic (exact) mass is 411 g/mol. The third-order valence-electron chi connectivity index (χ3n) is 4.60. The second-order valence-electron chi connectivity index (χ2n) is 6.88. The largest absolute Gasteiger partial charge is 0.494 e. The molecule has 0 aliphatic carbocycles. The number of imide groups is 1. The summed E-state index contributed by atoms with van der Waals surface area (Å²) in [6, 6.07) is 12.9. The Morgan fingerprint density at radius 2 is 1.76 bits per heavy atom. The van der Waals surface area contributed by atoms with Crippen LogP contribution in [0.1, 0.15) is 30.0 Å². The van der Waals surface area contributed by atoms with Crippen LogP contribution in [0.5, 0.6) is 5.75 Å². The summed E-state index contributed by atoms with van der Waals surface area (Å²) >= 11 is 1.21. The number of benzene rings is 2. The molecule has 2 aromatic carbocycles. The molecule has 0 saturated carbocycles. The quantitative estimate of drug-likeness (QED) is 0.663. The SMILES string of the molecule is CCCOc1ccc(C2=C(SCCO)C(=O)N(c3cc(C)ccc3C)C2=O)cc1. The van der Waals surface area contributed by atoms with E-state index >= 15 is 0 Å². The molecule has 0 saturated heterocycles. The lowest BCUT2D eigenvalue weighted by atomic mass is 10.1. The molecule has 6 heteroatoms. The van der Waals surface area contributed by atoms with Crippen molar-refractivity contribution in [2.45, 2.75) is 27.2 Å². The molecule has 2 aromatic rings. The van der Waals surface area contributed by atoms with Gasteiger partial charge in [-0.05, 0) is 55.2 Å². The fourth-order valence-corrected chi connectivity index (χ4v) is 4.02. The second-order valence-corrected chi connectivity index (χ2v) is 7.99. The van der Waals surface area contributed by atoms with Crippen molar-refractivity contribution < 1.29 is 19.4 Å². The van der Waals surface area contributed by atoms with Crippen molar-refractivity contribution >= 4 is 34.8 Å². The minimum absolute atomic E-state index is 0.0732. The lowest BCUT2D eigenvalue weighted by molar-refractivity contribution is -0.119. The highest BCUT2D eigenvalue weighted by Gasteiger charge is 2.40. The highest BCUT2D eigenvalue weighted by Crippen LogP contribution is 2.39. The fraction of sp³-hybridized carbons (Fsp3) is 0.304. The van der Waals surface area contributed by atoms with Crippen LogP contribution in [0, 0.1) is 13.8 Å². The van der Waals surface area contributed by atoms with Gasteiger partial charge in [0, 0.05) is 5.75 Å². The summed E-state index contributed by atoms with van der Waals surface area (Å²) in [4.78, 5) is 28.2. The predicted molar refractivity (Wildman–Crippen MR) is 117 cm³/mol. The Labute approximate surface area is 175 Å². The number of aliphatic hydroxyl groups excluding tert-OH is 1. The van der Waals surface area contributed by atoms with Crippen LogP contribution in [0.15, 0.2) is 47.4 Å². The molecule has 1 heterocycles. The Morgan fingerprint density at radius 3 is 2.41 bits per heavy atom. The zero-order valence-electron chi connectivity index (χ0n) is 16.9. The normalized spacial score (nSPS) is 14.1. The number of rotatable bonds is 8.